The van der Waals surface area contributed by atoms with Crippen molar-refractivity contribution in [3.63, 3.8) is 0 Å². The average molecular weight is 526 g/mol. The van der Waals surface area contributed by atoms with Crippen molar-refractivity contribution in [1.82, 2.24) is 15.2 Å². The minimum Gasteiger partial charge on any atom is -0.369 e. The van der Waals surface area contributed by atoms with E-state index >= 15 is 0 Å². The van der Waals surface area contributed by atoms with Crippen molar-refractivity contribution in [3.8, 4) is 0 Å². The van der Waals surface area contributed by atoms with Gasteiger partial charge in [0.1, 0.15) is 5.37 Å². The number of pyridine rings is 1. The predicted molar refractivity (Wildman–Crippen MR) is 143 cm³/mol. The summed E-state index contributed by atoms with van der Waals surface area (Å²) in [4.78, 5) is 20.5. The Hall–Kier alpha value is -3.40. The van der Waals surface area contributed by atoms with Crippen molar-refractivity contribution in [2.45, 2.75) is 16.8 Å². The van der Waals surface area contributed by atoms with E-state index in [4.69, 9.17) is 11.6 Å². The van der Waals surface area contributed by atoms with Gasteiger partial charge in [0.15, 0.2) is 9.84 Å². The maximum absolute atomic E-state index is 13.4. The topological polar surface area (TPSA) is 94.6 Å². The molecule has 1 unspecified atom stereocenters. The van der Waals surface area contributed by atoms with Gasteiger partial charge in [-0.1, -0.05) is 29.8 Å². The molecule has 0 radical (unpaired) electrons. The van der Waals surface area contributed by atoms with Gasteiger partial charge in [-0.25, -0.2) is 13.2 Å². The first-order valence-corrected chi connectivity index (χ1v) is 13.4. The second-order valence-electron chi connectivity index (χ2n) is 8.37. The molecule has 4 rings (SSSR count). The molecule has 1 atom stereocenters. The van der Waals surface area contributed by atoms with E-state index in [1.807, 2.05) is 35.2 Å². The Morgan fingerprint density at radius 3 is 2.47 bits per heavy atom. The Kier molecular flexibility index (Phi) is 8.25. The molecule has 1 aliphatic heterocycles. The maximum Gasteiger partial charge on any atom is 0.319 e. The second kappa shape index (κ2) is 11.6. The molecule has 2 heterocycles. The van der Waals surface area contributed by atoms with Crippen LogP contribution in [0.1, 0.15) is 5.56 Å². The highest BCUT2D eigenvalue weighted by atomic mass is 35.5. The van der Waals surface area contributed by atoms with E-state index in [1.54, 1.807) is 30.6 Å². The number of hydrogen-bond acceptors (Lipinski definition) is 6. The van der Waals surface area contributed by atoms with E-state index in [-0.39, 0.29) is 4.90 Å². The van der Waals surface area contributed by atoms with Crippen LogP contribution in [0.3, 0.4) is 0 Å². The Morgan fingerprint density at radius 1 is 1.08 bits per heavy atom. The lowest BCUT2D eigenvalue weighted by Gasteiger charge is -2.39. The number of halogens is 1. The average Bonchev–Trinajstić information content (AvgIpc) is 2.89. The summed E-state index contributed by atoms with van der Waals surface area (Å²) < 4.78 is 26.8. The summed E-state index contributed by atoms with van der Waals surface area (Å²) in [7, 11) is -3.70. The van der Waals surface area contributed by atoms with E-state index in [0.717, 1.165) is 11.3 Å². The van der Waals surface area contributed by atoms with Crippen LogP contribution in [0.5, 0.6) is 0 Å². The van der Waals surface area contributed by atoms with Gasteiger partial charge in [-0.2, -0.15) is 0 Å². The normalized spacial score (nSPS) is 15.2. The zero-order valence-corrected chi connectivity index (χ0v) is 21.3. The van der Waals surface area contributed by atoms with Gasteiger partial charge in [0.2, 0.25) is 0 Å². The van der Waals surface area contributed by atoms with Crippen molar-refractivity contribution < 1.29 is 13.2 Å². The SMILES string of the molecule is C=CC(N1CCN(c2cccc(Cl)c2)CC1)S(=O)(=O)c1ccc(NC(=O)NCc2cccnc2)cc1. The number of aromatic nitrogens is 1. The molecule has 8 nitrogen and oxygen atoms in total. The highest BCUT2D eigenvalue weighted by Gasteiger charge is 2.32. The van der Waals surface area contributed by atoms with Crippen LogP contribution in [0.4, 0.5) is 16.2 Å². The van der Waals surface area contributed by atoms with Crippen LogP contribution in [-0.2, 0) is 16.4 Å². The molecule has 2 aromatic carbocycles. The number of carbonyl (C=O) groups excluding carboxylic acids is 1. The number of amides is 2. The molecular formula is C26H28ClN5O3S. The molecule has 1 aromatic heterocycles. The van der Waals surface area contributed by atoms with Gasteiger partial charge < -0.3 is 15.5 Å². The van der Waals surface area contributed by atoms with Crippen LogP contribution in [0.2, 0.25) is 5.02 Å². The number of urea groups is 1. The molecule has 0 spiro atoms. The Bertz CT molecular complexity index is 1290. The maximum atomic E-state index is 13.4. The van der Waals surface area contributed by atoms with Crippen molar-refractivity contribution in [2.24, 2.45) is 0 Å². The highest BCUT2D eigenvalue weighted by molar-refractivity contribution is 7.92. The summed E-state index contributed by atoms with van der Waals surface area (Å²) in [5.41, 5.74) is 2.38. The molecule has 36 heavy (non-hydrogen) atoms. The van der Waals surface area contributed by atoms with Crippen molar-refractivity contribution in [2.75, 3.05) is 36.4 Å². The van der Waals surface area contributed by atoms with Crippen molar-refractivity contribution in [1.29, 1.82) is 0 Å². The zero-order valence-electron chi connectivity index (χ0n) is 19.7. The van der Waals surface area contributed by atoms with E-state index < -0.39 is 21.2 Å². The van der Waals surface area contributed by atoms with Crippen molar-refractivity contribution >= 4 is 38.8 Å². The van der Waals surface area contributed by atoms with Gasteiger partial charge >= 0.3 is 6.03 Å². The summed E-state index contributed by atoms with van der Waals surface area (Å²) in [6.45, 7) is 6.62. The lowest BCUT2D eigenvalue weighted by molar-refractivity contribution is 0.251. The van der Waals surface area contributed by atoms with Crippen LogP contribution in [0, 0.1) is 0 Å². The number of piperazine rings is 1. The smallest absolute Gasteiger partial charge is 0.319 e. The molecule has 1 saturated heterocycles. The summed E-state index contributed by atoms with van der Waals surface area (Å²) in [5.74, 6) is 0. The van der Waals surface area contributed by atoms with Crippen LogP contribution in [0.25, 0.3) is 0 Å². The molecule has 1 fully saturated rings. The Morgan fingerprint density at radius 2 is 1.83 bits per heavy atom. The predicted octanol–water partition coefficient (Wildman–Crippen LogP) is 4.16. The molecule has 0 aliphatic carbocycles. The van der Waals surface area contributed by atoms with Crippen LogP contribution in [-0.4, -0.2) is 55.9 Å². The van der Waals surface area contributed by atoms with Gasteiger partial charge in [0, 0.05) is 61.5 Å². The van der Waals surface area contributed by atoms with Gasteiger partial charge in [-0.05, 0) is 54.1 Å². The Balaban J connectivity index is 1.36. The first kappa shape index (κ1) is 25.7. The van der Waals surface area contributed by atoms with Gasteiger partial charge in [-0.15, -0.1) is 6.58 Å². The largest absolute Gasteiger partial charge is 0.369 e. The van der Waals surface area contributed by atoms with Gasteiger partial charge in [-0.3, -0.25) is 9.88 Å². The molecule has 3 aromatic rings. The first-order valence-electron chi connectivity index (χ1n) is 11.5. The molecule has 2 N–H and O–H groups in total. The quantitative estimate of drug-likeness (QED) is 0.429. The van der Waals surface area contributed by atoms with Crippen LogP contribution in [0.15, 0.2) is 90.6 Å². The number of benzene rings is 2. The first-order chi connectivity index (χ1) is 17.4. The standard InChI is InChI=1S/C26H28ClN5O3S/c1-2-25(32-15-13-31(14-16-32)23-7-3-6-21(27)17-23)36(34,35)24-10-8-22(9-11-24)30-26(33)29-19-20-5-4-12-28-18-20/h2-12,17-18,25H,1,13-16,19H2,(H2,29,30,33). The molecular weight excluding hydrogens is 498 g/mol. The fourth-order valence-corrected chi connectivity index (χ4v) is 5.94. The molecule has 0 saturated carbocycles. The summed E-state index contributed by atoms with van der Waals surface area (Å²) in [5, 5.41) is 5.28. The van der Waals surface area contributed by atoms with Crippen LogP contribution >= 0.6 is 11.6 Å². The third-order valence-electron chi connectivity index (χ3n) is 5.98. The molecule has 188 valence electrons. The number of carbonyl (C=O) groups is 1. The molecule has 2 amide bonds. The number of sulfone groups is 1. The van der Waals surface area contributed by atoms with Crippen molar-refractivity contribution in [3.05, 3.63) is 96.3 Å². The third-order valence-corrected chi connectivity index (χ3v) is 8.27. The second-order valence-corrected chi connectivity index (χ2v) is 10.8. The Labute approximate surface area is 216 Å². The fraction of sp³-hybridized carbons (Fsp3) is 0.231. The number of anilines is 2. The zero-order chi connectivity index (χ0) is 25.5. The molecule has 0 bridgehead atoms. The van der Waals surface area contributed by atoms with E-state index in [1.165, 1.54) is 18.2 Å². The lowest BCUT2D eigenvalue weighted by Crippen LogP contribution is -2.52. The van der Waals surface area contributed by atoms with Gasteiger partial charge in [0.05, 0.1) is 4.90 Å². The summed E-state index contributed by atoms with van der Waals surface area (Å²) in [6.07, 6.45) is 4.81. The number of rotatable bonds is 8. The summed E-state index contributed by atoms with van der Waals surface area (Å²) >= 11 is 6.11. The number of nitrogens with one attached hydrogen (secondary N) is 2. The van der Waals surface area contributed by atoms with E-state index in [0.29, 0.717) is 43.4 Å². The fourth-order valence-electron chi connectivity index (χ4n) is 4.11. The number of nitrogens with zero attached hydrogens (tertiary/aromatic N) is 3. The third kappa shape index (κ3) is 6.23. The molecule has 10 heteroatoms. The van der Waals surface area contributed by atoms with E-state index in [2.05, 4.69) is 27.1 Å². The minimum atomic E-state index is -3.70. The highest BCUT2D eigenvalue weighted by Crippen LogP contribution is 2.25. The monoisotopic (exact) mass is 525 g/mol. The summed E-state index contributed by atoms with van der Waals surface area (Å²) in [6, 6.07) is 17.1. The van der Waals surface area contributed by atoms with Crippen LogP contribution < -0.4 is 15.5 Å². The van der Waals surface area contributed by atoms with E-state index in [9.17, 15) is 13.2 Å². The molecule has 1 aliphatic rings. The lowest BCUT2D eigenvalue weighted by atomic mass is 10.2. The minimum absolute atomic E-state index is 0.172. The van der Waals surface area contributed by atoms with Gasteiger partial charge in [0.25, 0.3) is 0 Å². The number of hydrogen-bond donors (Lipinski definition) is 2.